The molecule has 7 heteroatoms. The van der Waals surface area contributed by atoms with Crippen LogP contribution in [0.2, 0.25) is 0 Å². The molecule has 0 aliphatic carbocycles. The minimum Gasteiger partial charge on any atom is -0.258 e. The molecule has 0 aliphatic rings. The third kappa shape index (κ3) is 2.68. The SMILES string of the molecule is CCN(CC)S(=O)(=O)c1cc([N+](=O)[O-])ccc1C. The molecule has 0 atom stereocenters. The van der Waals surface area contributed by atoms with E-state index in [0.717, 1.165) is 6.07 Å². The highest BCUT2D eigenvalue weighted by molar-refractivity contribution is 7.89. The van der Waals surface area contributed by atoms with Crippen molar-refractivity contribution in [1.82, 2.24) is 4.31 Å². The smallest absolute Gasteiger partial charge is 0.258 e. The van der Waals surface area contributed by atoms with Crippen LogP contribution in [0, 0.1) is 17.0 Å². The number of non-ortho nitro benzene ring substituents is 1. The van der Waals surface area contributed by atoms with Crippen LogP contribution < -0.4 is 0 Å². The number of nitro benzene ring substituents is 1. The summed E-state index contributed by atoms with van der Waals surface area (Å²) in [5, 5.41) is 10.7. The minimum absolute atomic E-state index is 0.000370. The Kier molecular flexibility index (Phi) is 4.42. The second-order valence-electron chi connectivity index (χ2n) is 3.80. The van der Waals surface area contributed by atoms with E-state index in [2.05, 4.69) is 0 Å². The first kappa shape index (κ1) is 14.6. The van der Waals surface area contributed by atoms with E-state index in [1.54, 1.807) is 20.8 Å². The number of nitro groups is 1. The van der Waals surface area contributed by atoms with Gasteiger partial charge < -0.3 is 0 Å². The molecule has 100 valence electrons. The summed E-state index contributed by atoms with van der Waals surface area (Å²) < 4.78 is 25.9. The zero-order valence-electron chi connectivity index (χ0n) is 10.6. The van der Waals surface area contributed by atoms with Crippen LogP contribution in [0.3, 0.4) is 0 Å². The quantitative estimate of drug-likeness (QED) is 0.606. The van der Waals surface area contributed by atoms with Crippen molar-refractivity contribution in [2.45, 2.75) is 25.7 Å². The average Bonchev–Trinajstić information content (AvgIpc) is 2.30. The Bertz CT molecular complexity index is 550. The Labute approximate surface area is 106 Å². The zero-order chi connectivity index (χ0) is 13.9. The summed E-state index contributed by atoms with van der Waals surface area (Å²) in [5.41, 5.74) is 0.291. The van der Waals surface area contributed by atoms with E-state index in [4.69, 9.17) is 0 Å². The summed E-state index contributed by atoms with van der Waals surface area (Å²) in [6, 6.07) is 3.87. The van der Waals surface area contributed by atoms with Gasteiger partial charge in [0.15, 0.2) is 0 Å². The van der Waals surface area contributed by atoms with Gasteiger partial charge in [-0.05, 0) is 12.5 Å². The number of rotatable bonds is 5. The van der Waals surface area contributed by atoms with E-state index >= 15 is 0 Å². The fourth-order valence-electron chi connectivity index (χ4n) is 1.68. The van der Waals surface area contributed by atoms with Crippen molar-refractivity contribution in [3.8, 4) is 0 Å². The summed E-state index contributed by atoms with van der Waals surface area (Å²) in [6.07, 6.45) is 0. The molecule has 1 rings (SSSR count). The van der Waals surface area contributed by atoms with Crippen LogP contribution >= 0.6 is 0 Å². The molecule has 0 heterocycles. The van der Waals surface area contributed by atoms with Crippen molar-refractivity contribution >= 4 is 15.7 Å². The average molecular weight is 272 g/mol. The Morgan fingerprint density at radius 2 is 1.83 bits per heavy atom. The Hall–Kier alpha value is -1.47. The number of nitrogens with zero attached hydrogens (tertiary/aromatic N) is 2. The number of hydrogen-bond donors (Lipinski definition) is 0. The summed E-state index contributed by atoms with van der Waals surface area (Å²) in [5.74, 6) is 0. The van der Waals surface area contributed by atoms with Gasteiger partial charge in [0.05, 0.1) is 9.82 Å². The molecule has 0 bridgehead atoms. The maximum Gasteiger partial charge on any atom is 0.270 e. The number of benzene rings is 1. The molecule has 1 aromatic carbocycles. The summed E-state index contributed by atoms with van der Waals surface area (Å²) in [6.45, 7) is 5.75. The van der Waals surface area contributed by atoms with E-state index in [-0.39, 0.29) is 10.6 Å². The van der Waals surface area contributed by atoms with E-state index in [1.807, 2.05) is 0 Å². The molecule has 0 N–H and O–H groups in total. The van der Waals surface area contributed by atoms with Gasteiger partial charge in [-0.15, -0.1) is 0 Å². The minimum atomic E-state index is -3.66. The van der Waals surface area contributed by atoms with Crippen LogP contribution in [0.25, 0.3) is 0 Å². The van der Waals surface area contributed by atoms with Gasteiger partial charge in [0.2, 0.25) is 10.0 Å². The fraction of sp³-hybridized carbons (Fsp3) is 0.455. The van der Waals surface area contributed by atoms with Crippen molar-refractivity contribution < 1.29 is 13.3 Å². The third-order valence-electron chi connectivity index (χ3n) is 2.71. The highest BCUT2D eigenvalue weighted by Crippen LogP contribution is 2.24. The predicted molar refractivity (Wildman–Crippen MR) is 67.9 cm³/mol. The summed E-state index contributed by atoms with van der Waals surface area (Å²) in [7, 11) is -3.66. The van der Waals surface area contributed by atoms with Gasteiger partial charge in [0, 0.05) is 25.2 Å². The summed E-state index contributed by atoms with van der Waals surface area (Å²) in [4.78, 5) is 10.1. The lowest BCUT2D eigenvalue weighted by Crippen LogP contribution is -2.31. The molecule has 18 heavy (non-hydrogen) atoms. The van der Waals surface area contributed by atoms with Gasteiger partial charge >= 0.3 is 0 Å². The van der Waals surface area contributed by atoms with Crippen molar-refractivity contribution in [2.24, 2.45) is 0 Å². The fourth-order valence-corrected chi connectivity index (χ4v) is 3.39. The molecule has 0 amide bonds. The standard InChI is InChI=1S/C11H16N2O4S/c1-4-12(5-2)18(16,17)11-8-10(13(14)15)7-6-9(11)3/h6-8H,4-5H2,1-3H3. The number of sulfonamides is 1. The van der Waals surface area contributed by atoms with Crippen LogP contribution in [0.5, 0.6) is 0 Å². The van der Waals surface area contributed by atoms with E-state index < -0.39 is 14.9 Å². The van der Waals surface area contributed by atoms with Gasteiger partial charge in [-0.25, -0.2) is 8.42 Å². The molecule has 1 aromatic rings. The molecular weight excluding hydrogens is 256 g/mol. The van der Waals surface area contributed by atoms with Crippen LogP contribution in [0.15, 0.2) is 23.1 Å². The monoisotopic (exact) mass is 272 g/mol. The third-order valence-corrected chi connectivity index (χ3v) is 4.90. The largest absolute Gasteiger partial charge is 0.270 e. The molecule has 0 aromatic heterocycles. The van der Waals surface area contributed by atoms with Gasteiger partial charge in [-0.3, -0.25) is 10.1 Å². The normalized spacial score (nSPS) is 11.8. The van der Waals surface area contributed by atoms with E-state index in [9.17, 15) is 18.5 Å². The molecule has 0 spiro atoms. The first-order valence-corrected chi connectivity index (χ1v) is 7.03. The van der Waals surface area contributed by atoms with Crippen molar-refractivity contribution in [1.29, 1.82) is 0 Å². The van der Waals surface area contributed by atoms with Crippen LogP contribution in [-0.2, 0) is 10.0 Å². The van der Waals surface area contributed by atoms with Gasteiger partial charge in [0.25, 0.3) is 5.69 Å². The Morgan fingerprint density at radius 3 is 2.28 bits per heavy atom. The lowest BCUT2D eigenvalue weighted by Gasteiger charge is -2.19. The van der Waals surface area contributed by atoms with Gasteiger partial charge in [0.1, 0.15) is 0 Å². The lowest BCUT2D eigenvalue weighted by molar-refractivity contribution is -0.385. The van der Waals surface area contributed by atoms with Crippen molar-refractivity contribution in [3.63, 3.8) is 0 Å². The zero-order valence-corrected chi connectivity index (χ0v) is 11.4. The molecule has 0 radical (unpaired) electrons. The van der Waals surface area contributed by atoms with Crippen molar-refractivity contribution in [3.05, 3.63) is 33.9 Å². The second kappa shape index (κ2) is 5.45. The first-order valence-electron chi connectivity index (χ1n) is 5.59. The molecule has 0 saturated carbocycles. The van der Waals surface area contributed by atoms with Gasteiger partial charge in [-0.2, -0.15) is 4.31 Å². The number of aryl methyl sites for hydroxylation is 1. The first-order chi connectivity index (χ1) is 8.34. The number of hydrogen-bond acceptors (Lipinski definition) is 4. The highest BCUT2D eigenvalue weighted by Gasteiger charge is 2.25. The molecular formula is C11H16N2O4S. The molecule has 0 aliphatic heterocycles. The molecule has 6 nitrogen and oxygen atoms in total. The Balaban J connectivity index is 3.40. The maximum absolute atomic E-state index is 12.3. The van der Waals surface area contributed by atoms with Crippen LogP contribution in [0.1, 0.15) is 19.4 Å². The predicted octanol–water partition coefficient (Wildman–Crippen LogP) is 1.93. The summed E-state index contributed by atoms with van der Waals surface area (Å²) >= 11 is 0. The van der Waals surface area contributed by atoms with E-state index in [1.165, 1.54) is 16.4 Å². The molecule has 0 fully saturated rings. The Morgan fingerprint density at radius 1 is 1.28 bits per heavy atom. The van der Waals surface area contributed by atoms with Crippen molar-refractivity contribution in [2.75, 3.05) is 13.1 Å². The lowest BCUT2D eigenvalue weighted by atomic mass is 10.2. The maximum atomic E-state index is 12.3. The molecule has 0 saturated heterocycles. The van der Waals surface area contributed by atoms with Gasteiger partial charge in [-0.1, -0.05) is 19.9 Å². The van der Waals surface area contributed by atoms with Crippen LogP contribution in [0.4, 0.5) is 5.69 Å². The van der Waals surface area contributed by atoms with E-state index in [0.29, 0.717) is 18.7 Å². The topological polar surface area (TPSA) is 80.5 Å². The highest BCUT2D eigenvalue weighted by atomic mass is 32.2. The molecule has 0 unspecified atom stereocenters. The second-order valence-corrected chi connectivity index (χ2v) is 5.70. The van der Waals surface area contributed by atoms with Crippen LogP contribution in [-0.4, -0.2) is 30.7 Å².